The topological polar surface area (TPSA) is 12.0 Å². The molecule has 2 aromatic heterocycles. The predicted octanol–water partition coefficient (Wildman–Crippen LogP) is 5.62. The predicted molar refractivity (Wildman–Crippen MR) is 88.8 cm³/mol. The highest BCUT2D eigenvalue weighted by atomic mass is 79.9. The third kappa shape index (κ3) is 4.17. The maximum atomic E-state index is 3.64. The third-order valence-electron chi connectivity index (χ3n) is 2.60. The standard InChI is InChI=1S/C13H15Br2NS2/c1-2-3-16-12(13-5-10(15)8-18-13)6-11-4-9(14)7-17-11/h4-5,7-8,12,16H,2-3,6H2,1H3. The van der Waals surface area contributed by atoms with Crippen molar-refractivity contribution >= 4 is 54.5 Å². The Labute approximate surface area is 133 Å². The summed E-state index contributed by atoms with van der Waals surface area (Å²) in [5.74, 6) is 0. The van der Waals surface area contributed by atoms with Gasteiger partial charge in [-0.1, -0.05) is 6.92 Å². The lowest BCUT2D eigenvalue weighted by Crippen LogP contribution is -2.22. The molecule has 5 heteroatoms. The number of rotatable bonds is 6. The van der Waals surface area contributed by atoms with Crippen molar-refractivity contribution in [2.75, 3.05) is 6.54 Å². The van der Waals surface area contributed by atoms with E-state index in [4.69, 9.17) is 0 Å². The first-order valence-corrected chi connectivity index (χ1v) is 9.23. The second-order valence-corrected chi connectivity index (χ2v) is 7.88. The highest BCUT2D eigenvalue weighted by Gasteiger charge is 2.14. The van der Waals surface area contributed by atoms with E-state index in [0.717, 1.165) is 19.4 Å². The second-order valence-electron chi connectivity index (χ2n) is 4.11. The van der Waals surface area contributed by atoms with Crippen molar-refractivity contribution in [2.45, 2.75) is 25.8 Å². The lowest BCUT2D eigenvalue weighted by atomic mass is 10.1. The van der Waals surface area contributed by atoms with Crippen molar-refractivity contribution < 1.29 is 0 Å². The van der Waals surface area contributed by atoms with Gasteiger partial charge < -0.3 is 5.32 Å². The molecule has 98 valence electrons. The highest BCUT2D eigenvalue weighted by Crippen LogP contribution is 2.30. The van der Waals surface area contributed by atoms with Gasteiger partial charge in [-0.3, -0.25) is 0 Å². The largest absolute Gasteiger partial charge is 0.309 e. The molecule has 1 unspecified atom stereocenters. The first-order chi connectivity index (χ1) is 8.69. The van der Waals surface area contributed by atoms with Crippen LogP contribution in [0.25, 0.3) is 0 Å². The van der Waals surface area contributed by atoms with Gasteiger partial charge in [0.15, 0.2) is 0 Å². The summed E-state index contributed by atoms with van der Waals surface area (Å²) < 4.78 is 2.36. The van der Waals surface area contributed by atoms with Crippen LogP contribution in [0.1, 0.15) is 29.1 Å². The van der Waals surface area contributed by atoms with Gasteiger partial charge in [0, 0.05) is 41.9 Å². The lowest BCUT2D eigenvalue weighted by Gasteiger charge is -2.16. The van der Waals surface area contributed by atoms with Crippen LogP contribution in [-0.2, 0) is 6.42 Å². The molecular formula is C13H15Br2NS2. The Morgan fingerprint density at radius 3 is 2.44 bits per heavy atom. The summed E-state index contributed by atoms with van der Waals surface area (Å²) in [5, 5.41) is 7.94. The molecule has 2 rings (SSSR count). The molecule has 1 N–H and O–H groups in total. The molecule has 0 spiro atoms. The van der Waals surface area contributed by atoms with Crippen LogP contribution in [0, 0.1) is 0 Å². The first kappa shape index (κ1) is 14.7. The van der Waals surface area contributed by atoms with Crippen molar-refractivity contribution in [1.82, 2.24) is 5.32 Å². The molecular weight excluding hydrogens is 394 g/mol. The fourth-order valence-electron chi connectivity index (χ4n) is 1.76. The summed E-state index contributed by atoms with van der Waals surface area (Å²) >= 11 is 10.7. The third-order valence-corrected chi connectivity index (χ3v) is 6.13. The zero-order valence-electron chi connectivity index (χ0n) is 10.1. The van der Waals surface area contributed by atoms with Crippen molar-refractivity contribution in [3.8, 4) is 0 Å². The van der Waals surface area contributed by atoms with Crippen molar-refractivity contribution in [2.24, 2.45) is 0 Å². The number of nitrogens with one attached hydrogen (secondary N) is 1. The van der Waals surface area contributed by atoms with Gasteiger partial charge in [-0.25, -0.2) is 0 Å². The van der Waals surface area contributed by atoms with Crippen LogP contribution in [0.4, 0.5) is 0 Å². The van der Waals surface area contributed by atoms with E-state index in [-0.39, 0.29) is 0 Å². The quantitative estimate of drug-likeness (QED) is 0.654. The van der Waals surface area contributed by atoms with Crippen LogP contribution in [0.15, 0.2) is 31.8 Å². The fraction of sp³-hybridized carbons (Fsp3) is 0.385. The maximum Gasteiger partial charge on any atom is 0.0464 e. The smallest absolute Gasteiger partial charge is 0.0464 e. The molecule has 0 aliphatic rings. The molecule has 0 radical (unpaired) electrons. The summed E-state index contributed by atoms with van der Waals surface area (Å²) in [5.41, 5.74) is 0. The average Bonchev–Trinajstić information content (AvgIpc) is 2.93. The average molecular weight is 409 g/mol. The van der Waals surface area contributed by atoms with Gasteiger partial charge in [-0.2, -0.15) is 0 Å². The minimum Gasteiger partial charge on any atom is -0.309 e. The van der Waals surface area contributed by atoms with Gasteiger partial charge in [-0.05, 0) is 57.0 Å². The molecule has 0 aliphatic carbocycles. The Balaban J connectivity index is 2.09. The first-order valence-electron chi connectivity index (χ1n) is 5.89. The van der Waals surface area contributed by atoms with Gasteiger partial charge in [0.25, 0.3) is 0 Å². The van der Waals surface area contributed by atoms with Crippen molar-refractivity contribution in [3.63, 3.8) is 0 Å². The molecule has 18 heavy (non-hydrogen) atoms. The SMILES string of the molecule is CCCNC(Cc1cc(Br)cs1)c1cc(Br)cs1. The van der Waals surface area contributed by atoms with E-state index in [1.807, 2.05) is 22.7 Å². The molecule has 0 aromatic carbocycles. The highest BCUT2D eigenvalue weighted by molar-refractivity contribution is 9.10. The fourth-order valence-corrected chi connectivity index (χ4v) is 4.78. The van der Waals surface area contributed by atoms with Crippen LogP contribution >= 0.6 is 54.5 Å². The van der Waals surface area contributed by atoms with E-state index in [1.54, 1.807) is 0 Å². The van der Waals surface area contributed by atoms with E-state index in [1.165, 1.54) is 18.7 Å². The van der Waals surface area contributed by atoms with Gasteiger partial charge in [-0.15, -0.1) is 22.7 Å². The maximum absolute atomic E-state index is 3.64. The normalized spacial score (nSPS) is 12.8. The van der Waals surface area contributed by atoms with Crippen LogP contribution < -0.4 is 5.32 Å². The molecule has 2 aromatic rings. The van der Waals surface area contributed by atoms with Crippen LogP contribution in [0.3, 0.4) is 0 Å². The van der Waals surface area contributed by atoms with Crippen LogP contribution in [0.2, 0.25) is 0 Å². The zero-order valence-corrected chi connectivity index (χ0v) is 14.9. The van der Waals surface area contributed by atoms with E-state index >= 15 is 0 Å². The zero-order chi connectivity index (χ0) is 13.0. The minimum atomic E-state index is 0.423. The van der Waals surface area contributed by atoms with E-state index in [2.05, 4.69) is 67.0 Å². The second kappa shape index (κ2) is 7.20. The summed E-state index contributed by atoms with van der Waals surface area (Å²) in [6.45, 7) is 3.27. The Morgan fingerprint density at radius 1 is 1.17 bits per heavy atom. The molecule has 1 atom stereocenters. The number of halogens is 2. The monoisotopic (exact) mass is 407 g/mol. The Bertz CT molecular complexity index is 493. The van der Waals surface area contributed by atoms with Gasteiger partial charge in [0.05, 0.1) is 0 Å². The number of thiophene rings is 2. The van der Waals surface area contributed by atoms with E-state index in [0.29, 0.717) is 6.04 Å². The minimum absolute atomic E-state index is 0.423. The van der Waals surface area contributed by atoms with Crippen molar-refractivity contribution in [3.05, 3.63) is 41.6 Å². The molecule has 0 amide bonds. The van der Waals surface area contributed by atoms with Gasteiger partial charge in [0.2, 0.25) is 0 Å². The van der Waals surface area contributed by atoms with Crippen LogP contribution in [0.5, 0.6) is 0 Å². The Morgan fingerprint density at radius 2 is 1.89 bits per heavy atom. The Kier molecular flexibility index (Phi) is 5.89. The summed E-state index contributed by atoms with van der Waals surface area (Å²) in [6, 6.07) is 4.86. The molecule has 0 saturated heterocycles. The molecule has 0 bridgehead atoms. The number of hydrogen-bond acceptors (Lipinski definition) is 3. The molecule has 0 saturated carbocycles. The Hall–Kier alpha value is 0.320. The van der Waals surface area contributed by atoms with E-state index in [9.17, 15) is 0 Å². The molecule has 2 heterocycles. The molecule has 0 fully saturated rings. The summed E-state index contributed by atoms with van der Waals surface area (Å²) in [6.07, 6.45) is 2.22. The van der Waals surface area contributed by atoms with Gasteiger partial charge in [0.1, 0.15) is 0 Å². The van der Waals surface area contributed by atoms with Gasteiger partial charge >= 0.3 is 0 Å². The van der Waals surface area contributed by atoms with Crippen LogP contribution in [-0.4, -0.2) is 6.54 Å². The number of hydrogen-bond donors (Lipinski definition) is 1. The summed E-state index contributed by atoms with van der Waals surface area (Å²) in [7, 11) is 0. The van der Waals surface area contributed by atoms with Crippen molar-refractivity contribution in [1.29, 1.82) is 0 Å². The lowest BCUT2D eigenvalue weighted by molar-refractivity contribution is 0.539. The molecule has 1 nitrogen and oxygen atoms in total. The molecule has 0 aliphatic heterocycles. The summed E-state index contributed by atoms with van der Waals surface area (Å²) in [4.78, 5) is 2.82. The van der Waals surface area contributed by atoms with E-state index < -0.39 is 0 Å².